The first-order valence-corrected chi connectivity index (χ1v) is 9.40. The number of nitrogens with one attached hydrogen (secondary N) is 3. The molecular formula is C20H23FN4O5. The van der Waals surface area contributed by atoms with Crippen LogP contribution < -0.4 is 16.0 Å². The van der Waals surface area contributed by atoms with Crippen molar-refractivity contribution in [3.63, 3.8) is 0 Å². The van der Waals surface area contributed by atoms with Gasteiger partial charge in [-0.25, -0.2) is 9.18 Å². The SMILES string of the molecule is O=C(C[C@@H]1O[C@@H](CNC(=O)Nc2cccc(F)c2)[C@@H](O)[C@H]1O)NCc1cccnc1. The van der Waals surface area contributed by atoms with Gasteiger partial charge in [-0.05, 0) is 29.8 Å². The lowest BCUT2D eigenvalue weighted by atomic mass is 10.1. The number of rotatable bonds is 7. The minimum absolute atomic E-state index is 0.104. The summed E-state index contributed by atoms with van der Waals surface area (Å²) in [5.74, 6) is -0.845. The summed E-state index contributed by atoms with van der Waals surface area (Å²) in [7, 11) is 0. The number of pyridine rings is 1. The first-order chi connectivity index (χ1) is 14.4. The van der Waals surface area contributed by atoms with Crippen LogP contribution in [-0.4, -0.2) is 58.1 Å². The number of amides is 3. The number of hydrogen-bond acceptors (Lipinski definition) is 6. The average molecular weight is 418 g/mol. The zero-order valence-corrected chi connectivity index (χ0v) is 16.0. The van der Waals surface area contributed by atoms with Crippen LogP contribution in [-0.2, 0) is 16.1 Å². The highest BCUT2D eigenvalue weighted by Gasteiger charge is 2.43. The zero-order valence-electron chi connectivity index (χ0n) is 16.0. The van der Waals surface area contributed by atoms with Crippen molar-refractivity contribution in [1.82, 2.24) is 15.6 Å². The standard InChI is InChI=1S/C20H23FN4O5/c21-13-4-1-5-14(7-13)25-20(29)24-11-16-19(28)18(27)15(30-16)8-17(26)23-10-12-3-2-6-22-9-12/h1-7,9,15-16,18-19,27-28H,8,10-11H2,(H,23,26)(H2,24,25,29)/t15-,16-,18-,19+/m0/s1. The number of urea groups is 1. The van der Waals surface area contributed by atoms with Crippen molar-refractivity contribution in [2.24, 2.45) is 0 Å². The second kappa shape index (κ2) is 10.1. The molecule has 3 rings (SSSR count). The average Bonchev–Trinajstić information content (AvgIpc) is 2.99. The maximum absolute atomic E-state index is 13.2. The molecule has 9 nitrogen and oxygen atoms in total. The Morgan fingerprint density at radius 1 is 1.10 bits per heavy atom. The largest absolute Gasteiger partial charge is 0.388 e. The first-order valence-electron chi connectivity index (χ1n) is 9.40. The number of nitrogens with zero attached hydrogens (tertiary/aromatic N) is 1. The quantitative estimate of drug-likeness (QED) is 0.446. The van der Waals surface area contributed by atoms with E-state index in [0.717, 1.165) is 11.6 Å². The minimum atomic E-state index is -1.27. The fourth-order valence-corrected chi connectivity index (χ4v) is 3.06. The molecule has 2 heterocycles. The van der Waals surface area contributed by atoms with Gasteiger partial charge in [0.2, 0.25) is 5.91 Å². The second-order valence-electron chi connectivity index (χ2n) is 6.88. The number of halogens is 1. The molecular weight excluding hydrogens is 395 g/mol. The van der Waals surface area contributed by atoms with Gasteiger partial charge in [0.05, 0.1) is 12.5 Å². The predicted octanol–water partition coefficient (Wildman–Crippen LogP) is 0.538. The molecule has 1 aromatic carbocycles. The second-order valence-corrected chi connectivity index (χ2v) is 6.88. The smallest absolute Gasteiger partial charge is 0.319 e. The molecule has 3 amide bonds. The minimum Gasteiger partial charge on any atom is -0.388 e. The number of hydrogen-bond donors (Lipinski definition) is 5. The van der Waals surface area contributed by atoms with Gasteiger partial charge >= 0.3 is 6.03 Å². The Kier molecular flexibility index (Phi) is 7.28. The summed E-state index contributed by atoms with van der Waals surface area (Å²) in [6, 6.07) is 8.33. The van der Waals surface area contributed by atoms with Gasteiger partial charge in [0.25, 0.3) is 0 Å². The van der Waals surface area contributed by atoms with Crippen molar-refractivity contribution in [2.45, 2.75) is 37.4 Å². The molecule has 30 heavy (non-hydrogen) atoms. The molecule has 1 aliphatic heterocycles. The molecule has 4 atom stereocenters. The maximum atomic E-state index is 13.2. The number of carbonyl (C=O) groups is 2. The van der Waals surface area contributed by atoms with E-state index < -0.39 is 36.3 Å². The van der Waals surface area contributed by atoms with Crippen molar-refractivity contribution in [3.8, 4) is 0 Å². The van der Waals surface area contributed by atoms with Gasteiger partial charge in [-0.1, -0.05) is 12.1 Å². The Labute approximate surface area is 172 Å². The number of anilines is 1. The van der Waals surface area contributed by atoms with E-state index in [4.69, 9.17) is 4.74 Å². The van der Waals surface area contributed by atoms with Crippen molar-refractivity contribution in [1.29, 1.82) is 0 Å². The monoisotopic (exact) mass is 418 g/mol. The van der Waals surface area contributed by atoms with Crippen molar-refractivity contribution in [3.05, 3.63) is 60.2 Å². The van der Waals surface area contributed by atoms with Crippen LogP contribution in [0.5, 0.6) is 0 Å². The highest BCUT2D eigenvalue weighted by molar-refractivity contribution is 5.89. The van der Waals surface area contributed by atoms with Crippen LogP contribution in [0.2, 0.25) is 0 Å². The third-order valence-corrected chi connectivity index (χ3v) is 4.61. The van der Waals surface area contributed by atoms with E-state index in [1.807, 2.05) is 6.07 Å². The highest BCUT2D eigenvalue weighted by atomic mass is 19.1. The summed E-state index contributed by atoms with van der Waals surface area (Å²) in [5.41, 5.74) is 1.09. The third kappa shape index (κ3) is 5.96. The van der Waals surface area contributed by atoms with Crippen LogP contribution in [0.1, 0.15) is 12.0 Å². The number of carbonyl (C=O) groups excluding carboxylic acids is 2. The molecule has 5 N–H and O–H groups in total. The molecule has 1 fully saturated rings. The Bertz CT molecular complexity index is 869. The topological polar surface area (TPSA) is 133 Å². The zero-order chi connectivity index (χ0) is 21.5. The molecule has 1 saturated heterocycles. The summed E-state index contributed by atoms with van der Waals surface area (Å²) in [4.78, 5) is 28.0. The molecule has 0 spiro atoms. The molecule has 0 bridgehead atoms. The summed E-state index contributed by atoms with van der Waals surface area (Å²) >= 11 is 0. The van der Waals surface area contributed by atoms with E-state index in [1.165, 1.54) is 18.2 Å². The summed E-state index contributed by atoms with van der Waals surface area (Å²) in [6.45, 7) is 0.177. The van der Waals surface area contributed by atoms with E-state index in [9.17, 15) is 24.2 Å². The molecule has 0 aliphatic carbocycles. The number of aromatic nitrogens is 1. The summed E-state index contributed by atoms with van der Waals surface area (Å²) in [5, 5.41) is 27.9. The molecule has 160 valence electrons. The summed E-state index contributed by atoms with van der Waals surface area (Å²) < 4.78 is 18.7. The van der Waals surface area contributed by atoms with E-state index in [1.54, 1.807) is 18.5 Å². The Hall–Kier alpha value is -3.08. The Morgan fingerprint density at radius 2 is 1.90 bits per heavy atom. The predicted molar refractivity (Wildman–Crippen MR) is 105 cm³/mol. The fraction of sp³-hybridized carbons (Fsp3) is 0.350. The van der Waals surface area contributed by atoms with Crippen LogP contribution in [0, 0.1) is 5.82 Å². The lowest BCUT2D eigenvalue weighted by Gasteiger charge is -2.16. The number of aliphatic hydroxyl groups is 2. The number of aliphatic hydroxyl groups excluding tert-OH is 2. The molecule has 10 heteroatoms. The Balaban J connectivity index is 1.43. The van der Waals surface area contributed by atoms with Gasteiger partial charge < -0.3 is 30.9 Å². The van der Waals surface area contributed by atoms with Crippen LogP contribution in [0.3, 0.4) is 0 Å². The van der Waals surface area contributed by atoms with Crippen molar-refractivity contribution < 1.29 is 28.9 Å². The summed E-state index contributed by atoms with van der Waals surface area (Å²) in [6.07, 6.45) is -1.24. The van der Waals surface area contributed by atoms with Gasteiger partial charge in [0.1, 0.15) is 24.1 Å². The van der Waals surface area contributed by atoms with Gasteiger partial charge in [0.15, 0.2) is 0 Å². The number of ether oxygens (including phenoxy) is 1. The molecule has 0 saturated carbocycles. The molecule has 0 radical (unpaired) electrons. The maximum Gasteiger partial charge on any atom is 0.319 e. The molecule has 1 aliphatic rings. The van der Waals surface area contributed by atoms with E-state index in [2.05, 4.69) is 20.9 Å². The molecule has 1 aromatic heterocycles. The van der Waals surface area contributed by atoms with Crippen LogP contribution in [0.25, 0.3) is 0 Å². The van der Waals surface area contributed by atoms with Crippen LogP contribution >= 0.6 is 0 Å². The third-order valence-electron chi connectivity index (χ3n) is 4.61. The van der Waals surface area contributed by atoms with Crippen LogP contribution in [0.4, 0.5) is 14.9 Å². The van der Waals surface area contributed by atoms with Gasteiger partial charge in [-0.15, -0.1) is 0 Å². The molecule has 2 aromatic rings. The van der Waals surface area contributed by atoms with Gasteiger partial charge in [0, 0.05) is 31.2 Å². The lowest BCUT2D eigenvalue weighted by Crippen LogP contribution is -2.41. The van der Waals surface area contributed by atoms with E-state index >= 15 is 0 Å². The number of benzene rings is 1. The van der Waals surface area contributed by atoms with Gasteiger partial charge in [-0.3, -0.25) is 9.78 Å². The van der Waals surface area contributed by atoms with Crippen molar-refractivity contribution >= 4 is 17.6 Å². The van der Waals surface area contributed by atoms with Gasteiger partial charge in [-0.2, -0.15) is 0 Å². The van der Waals surface area contributed by atoms with Crippen LogP contribution in [0.15, 0.2) is 48.8 Å². The lowest BCUT2D eigenvalue weighted by molar-refractivity contribution is -0.125. The normalized spacial score (nSPS) is 23.0. The fourth-order valence-electron chi connectivity index (χ4n) is 3.06. The molecule has 0 unspecified atom stereocenters. The Morgan fingerprint density at radius 3 is 2.63 bits per heavy atom. The van der Waals surface area contributed by atoms with E-state index in [0.29, 0.717) is 0 Å². The van der Waals surface area contributed by atoms with E-state index in [-0.39, 0.29) is 31.1 Å². The highest BCUT2D eigenvalue weighted by Crippen LogP contribution is 2.23. The first kappa shape index (κ1) is 21.6. The van der Waals surface area contributed by atoms with Crippen molar-refractivity contribution in [2.75, 3.05) is 11.9 Å².